The molecule has 0 bridgehead atoms. The van der Waals surface area contributed by atoms with Crippen molar-refractivity contribution in [2.24, 2.45) is 0 Å². The van der Waals surface area contributed by atoms with E-state index in [1.54, 1.807) is 23.9 Å². The SMILES string of the molecule is Nc1ccc(Cl)cc1Sc1ccc(Cl)cc1. The van der Waals surface area contributed by atoms with E-state index in [0.717, 1.165) is 20.5 Å². The van der Waals surface area contributed by atoms with E-state index in [0.29, 0.717) is 5.02 Å². The summed E-state index contributed by atoms with van der Waals surface area (Å²) in [6, 6.07) is 13.1. The summed E-state index contributed by atoms with van der Waals surface area (Å²) in [5.74, 6) is 0. The minimum atomic E-state index is 0.686. The van der Waals surface area contributed by atoms with E-state index in [4.69, 9.17) is 28.9 Å². The molecule has 2 aromatic rings. The molecule has 0 unspecified atom stereocenters. The predicted molar refractivity (Wildman–Crippen MR) is 71.4 cm³/mol. The quantitative estimate of drug-likeness (QED) is 0.798. The number of nitrogen functional groups attached to an aromatic ring is 1. The highest BCUT2D eigenvalue weighted by molar-refractivity contribution is 7.99. The molecule has 2 rings (SSSR count). The van der Waals surface area contributed by atoms with Crippen LogP contribution in [0.3, 0.4) is 0 Å². The van der Waals surface area contributed by atoms with Crippen LogP contribution in [0.2, 0.25) is 10.0 Å². The van der Waals surface area contributed by atoms with Gasteiger partial charge in [-0.2, -0.15) is 0 Å². The van der Waals surface area contributed by atoms with Crippen molar-refractivity contribution in [3.63, 3.8) is 0 Å². The Balaban J connectivity index is 2.26. The molecular weight excluding hydrogens is 261 g/mol. The lowest BCUT2D eigenvalue weighted by molar-refractivity contribution is 1.41. The second-order valence-corrected chi connectivity index (χ2v) is 5.23. The number of halogens is 2. The van der Waals surface area contributed by atoms with Crippen molar-refractivity contribution in [1.29, 1.82) is 0 Å². The summed E-state index contributed by atoms with van der Waals surface area (Å²) in [4.78, 5) is 2.04. The molecular formula is C12H9Cl2NS. The van der Waals surface area contributed by atoms with Crippen LogP contribution in [0.5, 0.6) is 0 Å². The summed E-state index contributed by atoms with van der Waals surface area (Å²) in [6.07, 6.45) is 0. The van der Waals surface area contributed by atoms with Crippen LogP contribution >= 0.6 is 35.0 Å². The molecule has 16 heavy (non-hydrogen) atoms. The molecule has 0 saturated heterocycles. The average molecular weight is 270 g/mol. The molecule has 0 radical (unpaired) electrons. The molecule has 1 nitrogen and oxygen atoms in total. The number of anilines is 1. The molecule has 0 amide bonds. The highest BCUT2D eigenvalue weighted by Gasteiger charge is 2.02. The van der Waals surface area contributed by atoms with Crippen LogP contribution in [0.4, 0.5) is 5.69 Å². The van der Waals surface area contributed by atoms with Crippen LogP contribution in [0.15, 0.2) is 52.3 Å². The third kappa shape index (κ3) is 2.85. The molecule has 0 heterocycles. The predicted octanol–water partition coefficient (Wildman–Crippen LogP) is 4.73. The lowest BCUT2D eigenvalue weighted by Crippen LogP contribution is -1.87. The number of hydrogen-bond acceptors (Lipinski definition) is 2. The van der Waals surface area contributed by atoms with Crippen molar-refractivity contribution in [2.45, 2.75) is 9.79 Å². The molecule has 0 aliphatic rings. The van der Waals surface area contributed by atoms with Crippen LogP contribution in [-0.2, 0) is 0 Å². The molecule has 4 heteroatoms. The van der Waals surface area contributed by atoms with Gasteiger partial charge in [-0.3, -0.25) is 0 Å². The van der Waals surface area contributed by atoms with Gasteiger partial charge in [0.2, 0.25) is 0 Å². The minimum Gasteiger partial charge on any atom is -0.398 e. The van der Waals surface area contributed by atoms with Gasteiger partial charge in [-0.25, -0.2) is 0 Å². The maximum Gasteiger partial charge on any atom is 0.0456 e. The normalized spacial score (nSPS) is 10.4. The maximum atomic E-state index is 5.92. The largest absolute Gasteiger partial charge is 0.398 e. The monoisotopic (exact) mass is 269 g/mol. The fraction of sp³-hybridized carbons (Fsp3) is 0. The van der Waals surface area contributed by atoms with Crippen LogP contribution in [-0.4, -0.2) is 0 Å². The van der Waals surface area contributed by atoms with Crippen molar-refractivity contribution >= 4 is 40.7 Å². The first kappa shape index (κ1) is 11.6. The van der Waals surface area contributed by atoms with Gasteiger partial charge in [-0.05, 0) is 42.5 Å². The Morgan fingerprint density at radius 3 is 2.19 bits per heavy atom. The van der Waals surface area contributed by atoms with Gasteiger partial charge in [0.15, 0.2) is 0 Å². The number of benzene rings is 2. The molecule has 0 spiro atoms. The van der Waals surface area contributed by atoms with Gasteiger partial charge in [0.1, 0.15) is 0 Å². The molecule has 0 aromatic heterocycles. The van der Waals surface area contributed by atoms with Crippen LogP contribution in [0, 0.1) is 0 Å². The van der Waals surface area contributed by atoms with E-state index in [2.05, 4.69) is 0 Å². The molecule has 0 saturated carbocycles. The molecule has 82 valence electrons. The Morgan fingerprint density at radius 1 is 0.875 bits per heavy atom. The van der Waals surface area contributed by atoms with Crippen LogP contribution in [0.1, 0.15) is 0 Å². The lowest BCUT2D eigenvalue weighted by atomic mass is 10.3. The van der Waals surface area contributed by atoms with E-state index in [1.807, 2.05) is 30.3 Å². The lowest BCUT2D eigenvalue weighted by Gasteiger charge is -2.05. The third-order valence-electron chi connectivity index (χ3n) is 2.02. The Bertz CT molecular complexity index is 497. The van der Waals surface area contributed by atoms with E-state index in [1.165, 1.54) is 0 Å². The van der Waals surface area contributed by atoms with Crippen molar-refractivity contribution in [2.75, 3.05) is 5.73 Å². The molecule has 2 aromatic carbocycles. The summed E-state index contributed by atoms with van der Waals surface area (Å²) < 4.78 is 0. The third-order valence-corrected chi connectivity index (χ3v) is 3.59. The molecule has 0 atom stereocenters. The van der Waals surface area contributed by atoms with E-state index < -0.39 is 0 Å². The Kier molecular flexibility index (Phi) is 3.64. The van der Waals surface area contributed by atoms with Crippen LogP contribution in [0.25, 0.3) is 0 Å². The van der Waals surface area contributed by atoms with Gasteiger partial charge >= 0.3 is 0 Å². The average Bonchev–Trinajstić information content (AvgIpc) is 2.27. The zero-order valence-corrected chi connectivity index (χ0v) is 10.6. The number of hydrogen-bond donors (Lipinski definition) is 1. The standard InChI is InChI=1S/C12H9Cl2NS/c13-8-1-4-10(5-2-8)16-12-7-9(14)3-6-11(12)15/h1-7H,15H2. The number of nitrogens with two attached hydrogens (primary N) is 1. The van der Waals surface area contributed by atoms with Crippen molar-refractivity contribution in [3.05, 3.63) is 52.5 Å². The molecule has 0 aliphatic carbocycles. The van der Waals surface area contributed by atoms with E-state index in [-0.39, 0.29) is 0 Å². The summed E-state index contributed by atoms with van der Waals surface area (Å²) in [5.41, 5.74) is 6.59. The maximum absolute atomic E-state index is 5.92. The Labute approximate surface area is 109 Å². The summed E-state index contributed by atoms with van der Waals surface area (Å²) in [6.45, 7) is 0. The second-order valence-electron chi connectivity index (χ2n) is 3.24. The topological polar surface area (TPSA) is 26.0 Å². The molecule has 0 fully saturated rings. The smallest absolute Gasteiger partial charge is 0.0456 e. The first-order valence-electron chi connectivity index (χ1n) is 4.63. The first-order chi connectivity index (χ1) is 7.65. The Morgan fingerprint density at radius 2 is 1.50 bits per heavy atom. The summed E-state index contributed by atoms with van der Waals surface area (Å²) >= 11 is 13.3. The van der Waals surface area contributed by atoms with Gasteiger partial charge in [0.05, 0.1) is 0 Å². The van der Waals surface area contributed by atoms with Crippen molar-refractivity contribution in [1.82, 2.24) is 0 Å². The molecule has 0 aliphatic heterocycles. The number of rotatable bonds is 2. The zero-order valence-electron chi connectivity index (χ0n) is 8.28. The van der Waals surface area contributed by atoms with Gasteiger partial charge in [0.25, 0.3) is 0 Å². The minimum absolute atomic E-state index is 0.686. The Hall–Kier alpha value is -0.830. The van der Waals surface area contributed by atoms with E-state index >= 15 is 0 Å². The van der Waals surface area contributed by atoms with Gasteiger partial charge in [-0.15, -0.1) is 0 Å². The fourth-order valence-electron chi connectivity index (χ4n) is 1.23. The van der Waals surface area contributed by atoms with Gasteiger partial charge < -0.3 is 5.73 Å². The summed E-state index contributed by atoms with van der Waals surface area (Å²) in [7, 11) is 0. The first-order valence-corrected chi connectivity index (χ1v) is 6.21. The van der Waals surface area contributed by atoms with Gasteiger partial charge in [0, 0.05) is 25.5 Å². The summed E-state index contributed by atoms with van der Waals surface area (Å²) in [5, 5.41) is 1.41. The second kappa shape index (κ2) is 5.00. The van der Waals surface area contributed by atoms with Crippen LogP contribution < -0.4 is 5.73 Å². The highest BCUT2D eigenvalue weighted by Crippen LogP contribution is 2.34. The zero-order chi connectivity index (χ0) is 11.5. The molecule has 2 N–H and O–H groups in total. The van der Waals surface area contributed by atoms with Crippen molar-refractivity contribution in [3.8, 4) is 0 Å². The highest BCUT2D eigenvalue weighted by atomic mass is 35.5. The van der Waals surface area contributed by atoms with Gasteiger partial charge in [-0.1, -0.05) is 35.0 Å². The van der Waals surface area contributed by atoms with E-state index in [9.17, 15) is 0 Å². The fourth-order valence-corrected chi connectivity index (χ4v) is 2.49. The van der Waals surface area contributed by atoms with Crippen molar-refractivity contribution < 1.29 is 0 Å².